The van der Waals surface area contributed by atoms with Crippen LogP contribution < -0.4 is 11.1 Å². The topological polar surface area (TPSA) is 58.4 Å². The largest absolute Gasteiger partial charge is 0.330 e. The minimum absolute atomic E-state index is 0.0549. The first kappa shape index (κ1) is 17.7. The zero-order valence-electron chi connectivity index (χ0n) is 13.6. The van der Waals surface area contributed by atoms with E-state index < -0.39 is 0 Å². The van der Waals surface area contributed by atoms with Crippen molar-refractivity contribution < 1.29 is 4.79 Å². The second-order valence-electron chi connectivity index (χ2n) is 5.38. The number of para-hydroxylation sites is 1. The molecule has 1 unspecified atom stereocenters. The number of carbonyl (C=O) groups is 1. The molecule has 1 rings (SSSR count). The number of nitrogens with one attached hydrogen (secondary N) is 1. The van der Waals surface area contributed by atoms with Gasteiger partial charge in [0, 0.05) is 18.7 Å². The first-order valence-corrected chi connectivity index (χ1v) is 7.94. The summed E-state index contributed by atoms with van der Waals surface area (Å²) in [6, 6.07) is 8.03. The van der Waals surface area contributed by atoms with Crippen LogP contribution in [0.1, 0.15) is 39.2 Å². The molecule has 21 heavy (non-hydrogen) atoms. The molecule has 0 radical (unpaired) electrons. The molecule has 4 heteroatoms. The number of nitrogens with zero attached hydrogens (tertiary/aromatic N) is 1. The fourth-order valence-corrected chi connectivity index (χ4v) is 2.33. The zero-order valence-corrected chi connectivity index (χ0v) is 13.6. The molecule has 0 heterocycles. The summed E-state index contributed by atoms with van der Waals surface area (Å²) in [5.41, 5.74) is 7.75. The maximum Gasteiger partial charge on any atom is 0.224 e. The van der Waals surface area contributed by atoms with Gasteiger partial charge in [-0.05, 0) is 37.2 Å². The fourth-order valence-electron chi connectivity index (χ4n) is 2.33. The normalized spacial score (nSPS) is 12.4. The molecule has 0 saturated heterocycles. The van der Waals surface area contributed by atoms with E-state index in [0.29, 0.717) is 13.0 Å². The molecule has 1 aromatic carbocycles. The van der Waals surface area contributed by atoms with E-state index in [1.54, 1.807) is 0 Å². The van der Waals surface area contributed by atoms with Crippen LogP contribution in [0.5, 0.6) is 0 Å². The molecule has 118 valence electrons. The monoisotopic (exact) mass is 291 g/mol. The van der Waals surface area contributed by atoms with E-state index in [1.165, 1.54) is 0 Å². The summed E-state index contributed by atoms with van der Waals surface area (Å²) in [4.78, 5) is 14.5. The summed E-state index contributed by atoms with van der Waals surface area (Å²) in [5, 5.41) is 3.04. The number of hydrogen-bond acceptors (Lipinski definition) is 3. The number of rotatable bonds is 9. The standard InChI is InChI=1S/C17H29N3O/c1-4-14(12-18)11-17(21)19-16-10-8-7-9-15(16)13-20(5-2)6-3/h7-10,14H,4-6,11-13,18H2,1-3H3,(H,19,21). The summed E-state index contributed by atoms with van der Waals surface area (Å²) in [6.45, 7) is 9.80. The van der Waals surface area contributed by atoms with Crippen LogP contribution in [0.25, 0.3) is 0 Å². The summed E-state index contributed by atoms with van der Waals surface area (Å²) >= 11 is 0. The fraction of sp³-hybridized carbons (Fsp3) is 0.588. The molecule has 0 aliphatic carbocycles. The quantitative estimate of drug-likeness (QED) is 0.735. The Bertz CT molecular complexity index is 426. The van der Waals surface area contributed by atoms with Gasteiger partial charge in [-0.2, -0.15) is 0 Å². The van der Waals surface area contributed by atoms with Gasteiger partial charge in [0.1, 0.15) is 0 Å². The van der Waals surface area contributed by atoms with Gasteiger partial charge in [-0.25, -0.2) is 0 Å². The van der Waals surface area contributed by atoms with Crippen molar-refractivity contribution in [2.24, 2.45) is 11.7 Å². The summed E-state index contributed by atoms with van der Waals surface area (Å²) < 4.78 is 0. The van der Waals surface area contributed by atoms with E-state index in [9.17, 15) is 4.79 Å². The molecular weight excluding hydrogens is 262 g/mol. The predicted octanol–water partition coefficient (Wildman–Crippen LogP) is 2.84. The molecule has 1 aromatic rings. The summed E-state index contributed by atoms with van der Waals surface area (Å²) in [7, 11) is 0. The maximum atomic E-state index is 12.1. The first-order chi connectivity index (χ1) is 10.1. The van der Waals surface area contributed by atoms with Gasteiger partial charge in [0.25, 0.3) is 0 Å². The number of anilines is 1. The molecule has 0 spiro atoms. The van der Waals surface area contributed by atoms with Crippen molar-refractivity contribution in [2.45, 2.75) is 40.2 Å². The number of amides is 1. The van der Waals surface area contributed by atoms with Crippen molar-refractivity contribution in [3.05, 3.63) is 29.8 Å². The molecule has 0 bridgehead atoms. The van der Waals surface area contributed by atoms with Crippen LogP contribution in [-0.2, 0) is 11.3 Å². The van der Waals surface area contributed by atoms with Gasteiger partial charge in [0.05, 0.1) is 0 Å². The Kier molecular flexibility index (Phi) is 8.01. The highest BCUT2D eigenvalue weighted by Gasteiger charge is 2.13. The van der Waals surface area contributed by atoms with Gasteiger partial charge in [0.15, 0.2) is 0 Å². The van der Waals surface area contributed by atoms with Crippen LogP contribution in [-0.4, -0.2) is 30.4 Å². The Morgan fingerprint density at radius 3 is 2.48 bits per heavy atom. The van der Waals surface area contributed by atoms with Gasteiger partial charge >= 0.3 is 0 Å². The number of hydrogen-bond donors (Lipinski definition) is 2. The SMILES string of the molecule is CCC(CN)CC(=O)Nc1ccccc1CN(CC)CC. The van der Waals surface area contributed by atoms with Crippen molar-refractivity contribution in [3.8, 4) is 0 Å². The van der Waals surface area contributed by atoms with Crippen LogP contribution in [0.4, 0.5) is 5.69 Å². The number of nitrogens with two attached hydrogens (primary N) is 1. The second kappa shape index (κ2) is 9.53. The van der Waals surface area contributed by atoms with Gasteiger partial charge in [-0.15, -0.1) is 0 Å². The van der Waals surface area contributed by atoms with E-state index in [2.05, 4.69) is 37.1 Å². The Morgan fingerprint density at radius 1 is 1.24 bits per heavy atom. The van der Waals surface area contributed by atoms with E-state index in [0.717, 1.165) is 37.3 Å². The zero-order chi connectivity index (χ0) is 15.7. The van der Waals surface area contributed by atoms with Crippen LogP contribution in [0.2, 0.25) is 0 Å². The van der Waals surface area contributed by atoms with Crippen molar-refractivity contribution in [3.63, 3.8) is 0 Å². The third kappa shape index (κ3) is 5.86. The average molecular weight is 291 g/mol. The van der Waals surface area contributed by atoms with Crippen LogP contribution in [0, 0.1) is 5.92 Å². The Labute approximate surface area is 128 Å². The maximum absolute atomic E-state index is 12.1. The molecule has 0 fully saturated rings. The van der Waals surface area contributed by atoms with Crippen LogP contribution in [0.15, 0.2) is 24.3 Å². The minimum atomic E-state index is 0.0549. The van der Waals surface area contributed by atoms with E-state index in [1.807, 2.05) is 18.2 Å². The third-order valence-corrected chi connectivity index (χ3v) is 3.96. The molecule has 3 N–H and O–H groups in total. The summed E-state index contributed by atoms with van der Waals surface area (Å²) in [6.07, 6.45) is 1.43. The van der Waals surface area contributed by atoms with Crippen molar-refractivity contribution in [2.75, 3.05) is 25.0 Å². The highest BCUT2D eigenvalue weighted by molar-refractivity contribution is 5.91. The van der Waals surface area contributed by atoms with Gasteiger partial charge < -0.3 is 11.1 Å². The van der Waals surface area contributed by atoms with Crippen molar-refractivity contribution in [1.29, 1.82) is 0 Å². The molecule has 0 aliphatic heterocycles. The van der Waals surface area contributed by atoms with E-state index in [-0.39, 0.29) is 11.8 Å². The van der Waals surface area contributed by atoms with Crippen LogP contribution in [0.3, 0.4) is 0 Å². The minimum Gasteiger partial charge on any atom is -0.330 e. The molecule has 1 amide bonds. The lowest BCUT2D eigenvalue weighted by Gasteiger charge is -2.20. The van der Waals surface area contributed by atoms with E-state index in [4.69, 9.17) is 5.73 Å². The first-order valence-electron chi connectivity index (χ1n) is 7.94. The average Bonchev–Trinajstić information content (AvgIpc) is 2.51. The Hall–Kier alpha value is -1.39. The van der Waals surface area contributed by atoms with Crippen molar-refractivity contribution in [1.82, 2.24) is 4.90 Å². The molecule has 0 saturated carbocycles. The van der Waals surface area contributed by atoms with Gasteiger partial charge in [-0.1, -0.05) is 45.4 Å². The molecule has 0 aliphatic rings. The van der Waals surface area contributed by atoms with Gasteiger partial charge in [0.2, 0.25) is 5.91 Å². The Morgan fingerprint density at radius 2 is 1.90 bits per heavy atom. The molecule has 0 aromatic heterocycles. The summed E-state index contributed by atoms with van der Waals surface area (Å²) in [5.74, 6) is 0.319. The highest BCUT2D eigenvalue weighted by atomic mass is 16.1. The van der Waals surface area contributed by atoms with Gasteiger partial charge in [-0.3, -0.25) is 9.69 Å². The van der Waals surface area contributed by atoms with Crippen molar-refractivity contribution >= 4 is 11.6 Å². The predicted molar refractivity (Wildman–Crippen MR) is 89.1 cm³/mol. The highest BCUT2D eigenvalue weighted by Crippen LogP contribution is 2.18. The number of carbonyl (C=O) groups excluding carboxylic acids is 1. The molecule has 4 nitrogen and oxygen atoms in total. The smallest absolute Gasteiger partial charge is 0.224 e. The third-order valence-electron chi connectivity index (χ3n) is 3.96. The van der Waals surface area contributed by atoms with E-state index >= 15 is 0 Å². The lowest BCUT2D eigenvalue weighted by molar-refractivity contribution is -0.117. The van der Waals surface area contributed by atoms with Crippen LogP contribution >= 0.6 is 0 Å². The lowest BCUT2D eigenvalue weighted by atomic mass is 10.0. The number of benzene rings is 1. The Balaban J connectivity index is 2.72. The molecule has 1 atom stereocenters. The molecular formula is C17H29N3O. The lowest BCUT2D eigenvalue weighted by Crippen LogP contribution is -2.24. The second-order valence-corrected chi connectivity index (χ2v) is 5.38.